The zero-order valence-corrected chi connectivity index (χ0v) is 8.91. The van der Waals surface area contributed by atoms with E-state index in [1.807, 2.05) is 0 Å². The van der Waals surface area contributed by atoms with Gasteiger partial charge < -0.3 is 4.74 Å². The smallest absolute Gasteiger partial charge is 0.333 e. The highest BCUT2D eigenvalue weighted by Crippen LogP contribution is 2.08. The molecule has 0 heterocycles. The molecular formula is C10H16N2O2. The van der Waals surface area contributed by atoms with Crippen LogP contribution in [0.2, 0.25) is 0 Å². The molecule has 0 radical (unpaired) electrons. The van der Waals surface area contributed by atoms with Crippen LogP contribution in [0, 0.1) is 11.3 Å². The van der Waals surface area contributed by atoms with Gasteiger partial charge in [-0.2, -0.15) is 5.26 Å². The van der Waals surface area contributed by atoms with Crippen LogP contribution >= 0.6 is 0 Å². The van der Waals surface area contributed by atoms with Crippen LogP contribution < -0.4 is 0 Å². The fourth-order valence-corrected chi connectivity index (χ4v) is 0.894. The highest BCUT2D eigenvalue weighted by molar-refractivity contribution is 5.87. The molecule has 0 aromatic heterocycles. The SMILES string of the molecule is C=C(CC(C#N)N(C)C)C(=O)OCC. The molecule has 0 fully saturated rings. The van der Waals surface area contributed by atoms with E-state index < -0.39 is 5.97 Å². The monoisotopic (exact) mass is 196 g/mol. The number of carbonyl (C=O) groups excluding carboxylic acids is 1. The van der Waals surface area contributed by atoms with Gasteiger partial charge in [0.1, 0.15) is 6.04 Å². The number of rotatable bonds is 5. The molecule has 0 spiro atoms. The van der Waals surface area contributed by atoms with Crippen LogP contribution in [0.15, 0.2) is 12.2 Å². The van der Waals surface area contributed by atoms with Crippen LogP contribution in [-0.2, 0) is 9.53 Å². The Hall–Kier alpha value is -1.34. The fourth-order valence-electron chi connectivity index (χ4n) is 0.894. The first-order chi connectivity index (χ1) is 6.52. The summed E-state index contributed by atoms with van der Waals surface area (Å²) in [5.41, 5.74) is 0.340. The second-order valence-corrected chi connectivity index (χ2v) is 3.14. The van der Waals surface area contributed by atoms with Gasteiger partial charge in [-0.1, -0.05) is 6.58 Å². The van der Waals surface area contributed by atoms with Crippen molar-refractivity contribution in [1.29, 1.82) is 5.26 Å². The van der Waals surface area contributed by atoms with Crippen molar-refractivity contribution in [2.45, 2.75) is 19.4 Å². The number of ether oxygens (including phenoxy) is 1. The maximum absolute atomic E-state index is 11.2. The minimum Gasteiger partial charge on any atom is -0.463 e. The maximum atomic E-state index is 11.2. The van der Waals surface area contributed by atoms with Crippen LogP contribution in [0.25, 0.3) is 0 Å². The Kier molecular flexibility index (Phi) is 5.58. The molecule has 0 bridgehead atoms. The Morgan fingerprint density at radius 3 is 2.57 bits per heavy atom. The lowest BCUT2D eigenvalue weighted by atomic mass is 10.1. The van der Waals surface area contributed by atoms with E-state index in [1.54, 1.807) is 25.9 Å². The van der Waals surface area contributed by atoms with E-state index in [4.69, 9.17) is 10.00 Å². The molecule has 78 valence electrons. The third-order valence-corrected chi connectivity index (χ3v) is 1.78. The van der Waals surface area contributed by atoms with Crippen LogP contribution in [0.3, 0.4) is 0 Å². The molecule has 0 saturated carbocycles. The van der Waals surface area contributed by atoms with Gasteiger partial charge in [-0.05, 0) is 21.0 Å². The summed E-state index contributed by atoms with van der Waals surface area (Å²) in [7, 11) is 3.57. The largest absolute Gasteiger partial charge is 0.463 e. The number of hydrogen-bond donors (Lipinski definition) is 0. The van der Waals surface area contributed by atoms with Gasteiger partial charge >= 0.3 is 5.97 Å². The van der Waals surface area contributed by atoms with Gasteiger partial charge in [0.25, 0.3) is 0 Å². The zero-order valence-electron chi connectivity index (χ0n) is 8.91. The zero-order chi connectivity index (χ0) is 11.1. The molecule has 0 aromatic carbocycles. The van der Waals surface area contributed by atoms with Gasteiger partial charge in [-0.25, -0.2) is 4.79 Å². The van der Waals surface area contributed by atoms with Gasteiger partial charge in [-0.15, -0.1) is 0 Å². The summed E-state index contributed by atoms with van der Waals surface area (Å²) in [6.45, 7) is 5.66. The van der Waals surface area contributed by atoms with E-state index in [-0.39, 0.29) is 6.04 Å². The Morgan fingerprint density at radius 2 is 2.21 bits per heavy atom. The summed E-state index contributed by atoms with van der Waals surface area (Å²) in [6, 6.07) is 1.76. The number of carbonyl (C=O) groups is 1. The van der Waals surface area contributed by atoms with Gasteiger partial charge in [0, 0.05) is 12.0 Å². The van der Waals surface area contributed by atoms with Crippen molar-refractivity contribution in [2.75, 3.05) is 20.7 Å². The van der Waals surface area contributed by atoms with Crippen LogP contribution in [0.1, 0.15) is 13.3 Å². The predicted octanol–water partition coefficient (Wildman–Crippen LogP) is 0.950. The minimum absolute atomic E-state index is 0.322. The van der Waals surface area contributed by atoms with Crippen molar-refractivity contribution in [3.05, 3.63) is 12.2 Å². The van der Waals surface area contributed by atoms with E-state index in [9.17, 15) is 4.79 Å². The lowest BCUT2D eigenvalue weighted by Gasteiger charge is -2.17. The minimum atomic E-state index is -0.422. The van der Waals surface area contributed by atoms with Crippen LogP contribution in [-0.4, -0.2) is 37.6 Å². The molecule has 0 aliphatic carbocycles. The normalized spacial score (nSPS) is 11.9. The summed E-state index contributed by atoms with van der Waals surface area (Å²) >= 11 is 0. The molecule has 4 heteroatoms. The highest BCUT2D eigenvalue weighted by atomic mass is 16.5. The summed E-state index contributed by atoms with van der Waals surface area (Å²) in [4.78, 5) is 12.9. The van der Waals surface area contributed by atoms with Crippen molar-refractivity contribution in [1.82, 2.24) is 4.90 Å². The number of nitriles is 1. The lowest BCUT2D eigenvalue weighted by Crippen LogP contribution is -2.28. The van der Waals surface area contributed by atoms with E-state index in [2.05, 4.69) is 12.6 Å². The third kappa shape index (κ3) is 4.06. The summed E-state index contributed by atoms with van der Waals surface area (Å²) < 4.78 is 4.76. The molecule has 0 rings (SSSR count). The van der Waals surface area contributed by atoms with Crippen molar-refractivity contribution >= 4 is 5.97 Å². The molecule has 14 heavy (non-hydrogen) atoms. The van der Waals surface area contributed by atoms with E-state index in [1.165, 1.54) is 0 Å². The Morgan fingerprint density at radius 1 is 1.64 bits per heavy atom. The molecule has 4 nitrogen and oxygen atoms in total. The van der Waals surface area contributed by atoms with Crippen molar-refractivity contribution < 1.29 is 9.53 Å². The molecule has 0 N–H and O–H groups in total. The molecular weight excluding hydrogens is 180 g/mol. The number of hydrogen-bond acceptors (Lipinski definition) is 4. The van der Waals surface area contributed by atoms with Crippen molar-refractivity contribution in [2.24, 2.45) is 0 Å². The lowest BCUT2D eigenvalue weighted by molar-refractivity contribution is -0.138. The molecule has 0 amide bonds. The first kappa shape index (κ1) is 12.7. The molecule has 0 aliphatic rings. The Balaban J connectivity index is 4.17. The molecule has 0 aromatic rings. The van der Waals surface area contributed by atoms with Gasteiger partial charge in [0.2, 0.25) is 0 Å². The standard InChI is InChI=1S/C10H16N2O2/c1-5-14-10(13)8(2)6-9(7-11)12(3)4/h9H,2,5-6H2,1,3-4H3. The quantitative estimate of drug-likeness (QED) is 0.485. The molecule has 1 unspecified atom stereocenters. The van der Waals surface area contributed by atoms with E-state index in [0.717, 1.165) is 0 Å². The van der Waals surface area contributed by atoms with Crippen LogP contribution in [0.5, 0.6) is 0 Å². The van der Waals surface area contributed by atoms with Gasteiger partial charge in [0.05, 0.1) is 12.7 Å². The second kappa shape index (κ2) is 6.17. The fraction of sp³-hybridized carbons (Fsp3) is 0.600. The summed E-state index contributed by atoms with van der Waals surface area (Å²) in [5, 5.41) is 8.77. The first-order valence-corrected chi connectivity index (χ1v) is 4.43. The highest BCUT2D eigenvalue weighted by Gasteiger charge is 2.16. The van der Waals surface area contributed by atoms with Gasteiger partial charge in [0.15, 0.2) is 0 Å². The summed E-state index contributed by atoms with van der Waals surface area (Å²) in [5.74, 6) is -0.422. The Bertz CT molecular complexity index is 253. The second-order valence-electron chi connectivity index (χ2n) is 3.14. The van der Waals surface area contributed by atoms with Crippen molar-refractivity contribution in [3.8, 4) is 6.07 Å². The van der Waals surface area contributed by atoms with Crippen LogP contribution in [0.4, 0.5) is 0 Å². The van der Waals surface area contributed by atoms with Crippen molar-refractivity contribution in [3.63, 3.8) is 0 Å². The number of nitrogens with zero attached hydrogens (tertiary/aromatic N) is 2. The third-order valence-electron chi connectivity index (χ3n) is 1.78. The average molecular weight is 196 g/mol. The van der Waals surface area contributed by atoms with Gasteiger partial charge in [-0.3, -0.25) is 4.90 Å². The summed E-state index contributed by atoms with van der Waals surface area (Å²) in [6.07, 6.45) is 0.322. The van der Waals surface area contributed by atoms with E-state index in [0.29, 0.717) is 18.6 Å². The van der Waals surface area contributed by atoms with E-state index >= 15 is 0 Å². The topological polar surface area (TPSA) is 53.3 Å². The molecule has 0 aliphatic heterocycles. The first-order valence-electron chi connectivity index (χ1n) is 4.43. The molecule has 1 atom stereocenters. The predicted molar refractivity (Wildman–Crippen MR) is 53.5 cm³/mol. The average Bonchev–Trinajstić information content (AvgIpc) is 2.13. The Labute approximate surface area is 84.8 Å². The molecule has 0 saturated heterocycles. The maximum Gasteiger partial charge on any atom is 0.333 e. The number of esters is 1.